The average molecular weight is 378 g/mol. The number of rotatable bonds is 3. The Morgan fingerprint density at radius 1 is 1.43 bits per heavy atom. The zero-order valence-corrected chi connectivity index (χ0v) is 14.2. The van der Waals surface area contributed by atoms with Crippen LogP contribution in [0.2, 0.25) is 0 Å². The number of fused-ring (bicyclic) bond motifs is 1. The van der Waals surface area contributed by atoms with Crippen molar-refractivity contribution in [2.24, 2.45) is 11.8 Å². The highest BCUT2D eigenvalue weighted by Crippen LogP contribution is 2.52. The molecule has 1 amide bonds. The summed E-state index contributed by atoms with van der Waals surface area (Å²) in [5.74, 6) is -1.47. The molecule has 4 atom stereocenters. The molecule has 5 nitrogen and oxygen atoms in total. The van der Waals surface area contributed by atoms with Gasteiger partial charge in [0.1, 0.15) is 11.5 Å². The maximum absolute atomic E-state index is 13.0. The van der Waals surface area contributed by atoms with Gasteiger partial charge in [-0.15, -0.1) is 0 Å². The molecule has 4 unspecified atom stereocenters. The van der Waals surface area contributed by atoms with Crippen LogP contribution in [0.25, 0.3) is 0 Å². The number of halogens is 1. The zero-order valence-electron chi connectivity index (χ0n) is 12.6. The first-order valence-corrected chi connectivity index (χ1v) is 8.46. The third-order valence-corrected chi connectivity index (χ3v) is 5.33. The van der Waals surface area contributed by atoms with E-state index in [4.69, 9.17) is 9.47 Å². The largest absolute Gasteiger partial charge is 0.466 e. The molecule has 1 aromatic carbocycles. The van der Waals surface area contributed by atoms with E-state index in [1.807, 2.05) is 36.4 Å². The van der Waals surface area contributed by atoms with E-state index >= 15 is 0 Å². The Morgan fingerprint density at radius 3 is 2.87 bits per heavy atom. The van der Waals surface area contributed by atoms with Crippen LogP contribution >= 0.6 is 15.9 Å². The Bertz CT molecular complexity index is 701. The number of amides is 1. The lowest BCUT2D eigenvalue weighted by Gasteiger charge is -2.22. The number of carbonyl (C=O) groups is 2. The van der Waals surface area contributed by atoms with Gasteiger partial charge in [-0.05, 0) is 31.2 Å². The molecule has 0 N–H and O–H groups in total. The van der Waals surface area contributed by atoms with Crippen LogP contribution in [0.1, 0.15) is 6.92 Å². The molecule has 0 saturated carbocycles. The Hall–Kier alpha value is -1.66. The topological polar surface area (TPSA) is 55.8 Å². The summed E-state index contributed by atoms with van der Waals surface area (Å²) in [6.45, 7) is 2.50. The number of benzene rings is 1. The van der Waals surface area contributed by atoms with Gasteiger partial charge >= 0.3 is 5.97 Å². The van der Waals surface area contributed by atoms with Crippen LogP contribution < -0.4 is 4.90 Å². The minimum Gasteiger partial charge on any atom is -0.466 e. The first-order valence-electron chi connectivity index (χ1n) is 7.66. The smallest absolute Gasteiger partial charge is 0.312 e. The SMILES string of the molecule is CCOC(=O)C1C2C=CC3(CN(c4ccc(Br)cc4)C(=O)C13)O2. The molecule has 0 aliphatic carbocycles. The van der Waals surface area contributed by atoms with Crippen LogP contribution in [0.15, 0.2) is 40.9 Å². The van der Waals surface area contributed by atoms with Gasteiger partial charge in [0.15, 0.2) is 0 Å². The van der Waals surface area contributed by atoms with Crippen molar-refractivity contribution in [2.45, 2.75) is 18.6 Å². The lowest BCUT2D eigenvalue weighted by Crippen LogP contribution is -2.40. The van der Waals surface area contributed by atoms with E-state index in [0.29, 0.717) is 13.2 Å². The number of nitrogens with zero attached hydrogens (tertiary/aromatic N) is 1. The standard InChI is InChI=1S/C17H16BrNO4/c1-2-22-16(21)13-12-7-8-17(23-12)9-19(15(20)14(13)17)11-5-3-10(18)4-6-11/h3-8,12-14H,2,9H2,1H3. The zero-order chi connectivity index (χ0) is 16.2. The summed E-state index contributed by atoms with van der Waals surface area (Å²) < 4.78 is 12.1. The predicted octanol–water partition coefficient (Wildman–Crippen LogP) is 2.30. The van der Waals surface area contributed by atoms with Crippen molar-refractivity contribution in [3.05, 3.63) is 40.9 Å². The molecule has 0 aromatic heterocycles. The van der Waals surface area contributed by atoms with Crippen molar-refractivity contribution in [3.63, 3.8) is 0 Å². The van der Waals surface area contributed by atoms with E-state index < -0.39 is 17.4 Å². The second-order valence-corrected chi connectivity index (χ2v) is 6.97. The first-order chi connectivity index (χ1) is 11.1. The molecule has 120 valence electrons. The Morgan fingerprint density at radius 2 is 2.17 bits per heavy atom. The first kappa shape index (κ1) is 14.9. The van der Waals surface area contributed by atoms with Crippen molar-refractivity contribution in [2.75, 3.05) is 18.1 Å². The summed E-state index contributed by atoms with van der Waals surface area (Å²) in [6.07, 6.45) is 3.47. The molecule has 4 rings (SSSR count). The number of carbonyl (C=O) groups excluding carboxylic acids is 2. The van der Waals surface area contributed by atoms with Crippen molar-refractivity contribution >= 4 is 33.5 Å². The number of ether oxygens (including phenoxy) is 2. The highest BCUT2D eigenvalue weighted by atomic mass is 79.9. The summed E-state index contributed by atoms with van der Waals surface area (Å²) in [4.78, 5) is 27.0. The molecular formula is C17H16BrNO4. The molecule has 0 radical (unpaired) electrons. The maximum atomic E-state index is 13.0. The summed E-state index contributed by atoms with van der Waals surface area (Å²) >= 11 is 3.39. The van der Waals surface area contributed by atoms with Gasteiger partial charge < -0.3 is 14.4 Å². The fraction of sp³-hybridized carbons (Fsp3) is 0.412. The van der Waals surface area contributed by atoms with Crippen molar-refractivity contribution in [1.29, 1.82) is 0 Å². The van der Waals surface area contributed by atoms with Crippen LogP contribution in [-0.2, 0) is 19.1 Å². The van der Waals surface area contributed by atoms with Crippen LogP contribution in [0.5, 0.6) is 0 Å². The lowest BCUT2D eigenvalue weighted by molar-refractivity contribution is -0.151. The molecular weight excluding hydrogens is 362 g/mol. The Kier molecular flexibility index (Phi) is 3.35. The van der Waals surface area contributed by atoms with E-state index in [1.165, 1.54) is 0 Å². The van der Waals surface area contributed by atoms with Gasteiger partial charge in [-0.3, -0.25) is 9.59 Å². The van der Waals surface area contributed by atoms with E-state index in [9.17, 15) is 9.59 Å². The van der Waals surface area contributed by atoms with Gasteiger partial charge in [0.05, 0.1) is 25.2 Å². The number of esters is 1. The van der Waals surface area contributed by atoms with Crippen LogP contribution in [-0.4, -0.2) is 36.7 Å². The van der Waals surface area contributed by atoms with Gasteiger partial charge in [0.25, 0.3) is 0 Å². The monoisotopic (exact) mass is 377 g/mol. The van der Waals surface area contributed by atoms with Gasteiger partial charge in [-0.2, -0.15) is 0 Å². The van der Waals surface area contributed by atoms with Crippen molar-refractivity contribution < 1.29 is 19.1 Å². The molecule has 2 fully saturated rings. The van der Waals surface area contributed by atoms with Gasteiger partial charge in [0.2, 0.25) is 5.91 Å². The maximum Gasteiger partial charge on any atom is 0.312 e. The van der Waals surface area contributed by atoms with E-state index in [2.05, 4.69) is 15.9 Å². The van der Waals surface area contributed by atoms with Gasteiger partial charge in [-0.25, -0.2) is 0 Å². The molecule has 3 aliphatic rings. The minimum atomic E-state index is -0.702. The second-order valence-electron chi connectivity index (χ2n) is 6.05. The Labute approximate surface area is 142 Å². The number of hydrogen-bond acceptors (Lipinski definition) is 4. The van der Waals surface area contributed by atoms with E-state index in [1.54, 1.807) is 11.8 Å². The third-order valence-electron chi connectivity index (χ3n) is 4.80. The lowest BCUT2D eigenvalue weighted by atomic mass is 9.77. The van der Waals surface area contributed by atoms with E-state index in [0.717, 1.165) is 10.2 Å². The summed E-state index contributed by atoms with van der Waals surface area (Å²) in [7, 11) is 0. The molecule has 23 heavy (non-hydrogen) atoms. The Balaban J connectivity index is 1.68. The van der Waals surface area contributed by atoms with Gasteiger partial charge in [-0.1, -0.05) is 28.1 Å². The third kappa shape index (κ3) is 2.08. The van der Waals surface area contributed by atoms with Crippen LogP contribution in [0, 0.1) is 11.8 Å². The second kappa shape index (κ2) is 5.18. The molecule has 1 spiro atoms. The molecule has 6 heteroatoms. The van der Waals surface area contributed by atoms with Crippen molar-refractivity contribution in [1.82, 2.24) is 0 Å². The molecule has 2 bridgehead atoms. The molecule has 3 aliphatic heterocycles. The normalized spacial score (nSPS) is 34.1. The summed E-state index contributed by atoms with van der Waals surface area (Å²) in [5, 5.41) is 0. The predicted molar refractivity (Wildman–Crippen MR) is 86.9 cm³/mol. The fourth-order valence-electron chi connectivity index (χ4n) is 3.85. The molecule has 3 heterocycles. The average Bonchev–Trinajstić information content (AvgIpc) is 3.17. The number of hydrogen-bond donors (Lipinski definition) is 0. The fourth-order valence-corrected chi connectivity index (χ4v) is 4.11. The van der Waals surface area contributed by atoms with Crippen LogP contribution in [0.3, 0.4) is 0 Å². The molecule has 2 saturated heterocycles. The van der Waals surface area contributed by atoms with Gasteiger partial charge in [0, 0.05) is 10.2 Å². The highest BCUT2D eigenvalue weighted by Gasteiger charge is 2.67. The van der Waals surface area contributed by atoms with E-state index in [-0.39, 0.29) is 18.0 Å². The summed E-state index contributed by atoms with van der Waals surface area (Å²) in [6, 6.07) is 7.56. The quantitative estimate of drug-likeness (QED) is 0.598. The number of anilines is 1. The van der Waals surface area contributed by atoms with Crippen molar-refractivity contribution in [3.8, 4) is 0 Å². The summed E-state index contributed by atoms with van der Waals surface area (Å²) in [5.41, 5.74) is 0.108. The minimum absolute atomic E-state index is 0.0720. The molecule has 1 aromatic rings. The highest BCUT2D eigenvalue weighted by molar-refractivity contribution is 9.10. The van der Waals surface area contributed by atoms with Crippen LogP contribution in [0.4, 0.5) is 5.69 Å².